The molecule has 370 valence electrons. The quantitative estimate of drug-likeness (QED) is 0.126. The van der Waals surface area contributed by atoms with Crippen molar-refractivity contribution in [3.8, 4) is 44.5 Å². The van der Waals surface area contributed by atoms with E-state index in [0.717, 1.165) is 55.6 Å². The minimum absolute atomic E-state index is 0.0870. The first-order chi connectivity index (χ1) is 41.0. The number of anilines is 6. The Morgan fingerprint density at radius 1 is 0.316 bits per heavy atom. The Kier molecular flexibility index (Phi) is 9.51. The average molecular weight is 999 g/mol. The molecule has 4 heteroatoms. The third-order valence-electron chi connectivity index (χ3n) is 14.9. The molecule has 0 fully saturated rings. The molecule has 0 aromatic heterocycles. The van der Waals surface area contributed by atoms with E-state index in [-0.39, 0.29) is 45.3 Å². The molecule has 2 nitrogen and oxygen atoms in total. The first kappa shape index (κ1) is 37.8. The number of hydrogen-bond donors (Lipinski definition) is 0. The Morgan fingerprint density at radius 3 is 1.00 bits per heavy atom. The zero-order chi connectivity index (χ0) is 61.2. The molecule has 76 heavy (non-hydrogen) atoms. The van der Waals surface area contributed by atoms with Gasteiger partial charge in [-0.15, -0.1) is 0 Å². The van der Waals surface area contributed by atoms with Crippen LogP contribution in [0.3, 0.4) is 0 Å². The van der Waals surface area contributed by atoms with Crippen molar-refractivity contribution in [3.05, 3.63) is 262 Å². The summed E-state index contributed by atoms with van der Waals surface area (Å²) < 4.78 is 129. The number of rotatable bonds is 10. The molecule has 0 aliphatic carbocycles. The summed E-state index contributed by atoms with van der Waals surface area (Å²) in [5, 5.41) is 3.62. The lowest BCUT2D eigenvalue weighted by atomic mass is 9.87. The van der Waals surface area contributed by atoms with Crippen LogP contribution < -0.4 is 9.80 Å². The zero-order valence-electron chi connectivity index (χ0n) is 53.5. The van der Waals surface area contributed by atoms with E-state index in [1.165, 1.54) is 9.80 Å². The van der Waals surface area contributed by atoms with Crippen molar-refractivity contribution in [1.29, 1.82) is 0 Å². The predicted molar refractivity (Wildman–Crippen MR) is 319 cm³/mol. The fraction of sp³-hybridized carbons (Fsp3) is 0.111. The summed E-state index contributed by atoms with van der Waals surface area (Å²) in [5.41, 5.74) is 11.5. The van der Waals surface area contributed by atoms with Crippen molar-refractivity contribution >= 4 is 66.4 Å². The van der Waals surface area contributed by atoms with Gasteiger partial charge in [0, 0.05) is 33.3 Å². The molecule has 0 saturated carbocycles. The molecule has 0 unspecified atom stereocenters. The van der Waals surface area contributed by atoms with Gasteiger partial charge in [-0.05, 0) is 181 Å². The van der Waals surface area contributed by atoms with Crippen LogP contribution in [0.25, 0.3) is 76.8 Å². The molecule has 0 N–H and O–H groups in total. The minimum atomic E-state index is -0.697. The fourth-order valence-electron chi connectivity index (χ4n) is 11.1. The Bertz CT molecular complexity index is 4500. The monoisotopic (exact) mass is 999 g/mol. The van der Waals surface area contributed by atoms with Crippen molar-refractivity contribution in [2.75, 3.05) is 9.80 Å². The third-order valence-corrected chi connectivity index (χ3v) is 14.9. The molecular weight excluding hydrogens is 931 g/mol. The van der Waals surface area contributed by atoms with Gasteiger partial charge >= 0.3 is 0 Å². The van der Waals surface area contributed by atoms with E-state index in [1.807, 2.05) is 177 Å². The average Bonchev–Trinajstić information content (AvgIpc) is 0.842. The fourth-order valence-corrected chi connectivity index (χ4v) is 11.1. The minimum Gasteiger partial charge on any atom is -0.307 e. The van der Waals surface area contributed by atoms with Crippen LogP contribution in [0.5, 0.6) is 0 Å². The predicted octanol–water partition coefficient (Wildman–Crippen LogP) is 20.9. The van der Waals surface area contributed by atoms with Gasteiger partial charge in [0.1, 0.15) is 0 Å². The summed E-state index contributed by atoms with van der Waals surface area (Å²) >= 11 is 0. The Hall–Kier alpha value is -8.86. The van der Waals surface area contributed by atoms with E-state index < -0.39 is 72.1 Å². The van der Waals surface area contributed by atoms with Gasteiger partial charge in [-0.1, -0.05) is 180 Å². The lowest BCUT2D eigenvalue weighted by molar-refractivity contribution is 0.632. The van der Waals surface area contributed by atoms with Crippen molar-refractivity contribution in [2.24, 2.45) is 0 Å². The molecule has 0 aliphatic heterocycles. The second-order valence-corrected chi connectivity index (χ2v) is 20.1. The molecule has 0 amide bonds. The maximum Gasteiger partial charge on any atom is 0.155 e. The van der Waals surface area contributed by atoms with E-state index >= 15 is 8.78 Å². The van der Waals surface area contributed by atoms with Gasteiger partial charge in [-0.3, -0.25) is 0 Å². The molecule has 0 aliphatic rings. The zero-order valence-corrected chi connectivity index (χ0v) is 43.5. The van der Waals surface area contributed by atoms with Crippen molar-refractivity contribution in [2.45, 2.75) is 55.4 Å². The number of benzene rings is 12. The molecule has 12 aromatic rings. The van der Waals surface area contributed by atoms with Gasteiger partial charge in [0.15, 0.2) is 11.6 Å². The normalized spacial score (nSPS) is 13.4. The summed E-state index contributed by atoms with van der Waals surface area (Å²) in [6.45, 7) is 15.6. The van der Waals surface area contributed by atoms with E-state index in [2.05, 4.69) is 0 Å². The molecule has 12 rings (SSSR count). The highest BCUT2D eigenvalue weighted by Gasteiger charge is 2.29. The maximum absolute atomic E-state index is 19.0. The van der Waals surface area contributed by atoms with Crippen LogP contribution in [0.2, 0.25) is 0 Å². The van der Waals surface area contributed by atoms with Crippen LogP contribution in [0, 0.1) is 67.0 Å². The highest BCUT2D eigenvalue weighted by atomic mass is 19.1. The standard InChI is InChI=1S/C72H58F2N2/c1-43-19-23-47(5)59(39-43)55-33-37-65(71(73)69(55)61-41-45(3)21-25-49(61)7)75(53-15-11-9-12-16-53)63-35-29-51-28-32-58-64(36-30-52-27-31-57(63)67(51)68(52)58)76(54-17-13-10-14-18-54)66-38-34-56(60-40-44(2)20-24-48(60)6)70(72(66)74)62-42-46(4)22-26-50(62)8/h9-42H,1-8H3/i9D,10D,11D,12D,13D,14D,15D,16D,17D,18D. The smallest absolute Gasteiger partial charge is 0.155 e. The third kappa shape index (κ3) is 8.17. The van der Waals surface area contributed by atoms with Crippen LogP contribution in [-0.4, -0.2) is 0 Å². The summed E-state index contributed by atoms with van der Waals surface area (Å²) in [6, 6.07) is 39.2. The number of aryl methyl sites for hydroxylation is 8. The van der Waals surface area contributed by atoms with Crippen LogP contribution in [0.4, 0.5) is 42.9 Å². The van der Waals surface area contributed by atoms with Gasteiger partial charge in [0.25, 0.3) is 0 Å². The lowest BCUT2D eigenvalue weighted by Crippen LogP contribution is -2.14. The molecular formula is C72H58F2N2. The van der Waals surface area contributed by atoms with E-state index in [9.17, 15) is 5.48 Å². The largest absolute Gasteiger partial charge is 0.307 e. The first-order valence-corrected chi connectivity index (χ1v) is 25.4. The van der Waals surface area contributed by atoms with Crippen LogP contribution in [0.1, 0.15) is 58.2 Å². The van der Waals surface area contributed by atoms with Crippen LogP contribution in [-0.2, 0) is 0 Å². The molecule has 12 aromatic carbocycles. The second-order valence-electron chi connectivity index (χ2n) is 20.1. The van der Waals surface area contributed by atoms with Crippen molar-refractivity contribution in [1.82, 2.24) is 0 Å². The Morgan fingerprint density at radius 2 is 0.632 bits per heavy atom. The summed E-state index contributed by atoms with van der Waals surface area (Å²) in [6.07, 6.45) is 0. The van der Waals surface area contributed by atoms with Crippen LogP contribution >= 0.6 is 0 Å². The maximum atomic E-state index is 19.0. The highest BCUT2D eigenvalue weighted by Crippen LogP contribution is 2.51. The summed E-state index contributed by atoms with van der Waals surface area (Å²) in [4.78, 5) is 2.84. The van der Waals surface area contributed by atoms with Crippen molar-refractivity contribution < 1.29 is 22.5 Å². The van der Waals surface area contributed by atoms with Crippen LogP contribution in [0.15, 0.2) is 206 Å². The molecule has 0 radical (unpaired) electrons. The SMILES string of the molecule is [2H]c1c([2H])c([2H])c(N(c2ccc(-c3cc(C)ccc3C)c(-c3cc(C)ccc3C)c2F)c2ccc3ccc4c(N(c5ccc(-c6cc(C)ccc6C)c(-c6cc(C)ccc6C)c5F)c5c([2H])c([2H])c([2H])c([2H])c5[2H])ccc5ccc2c3c54)c([2H])c1[2H]. The first-order valence-electron chi connectivity index (χ1n) is 30.4. The number of hydrogen-bond acceptors (Lipinski definition) is 2. The van der Waals surface area contributed by atoms with Gasteiger partial charge < -0.3 is 9.80 Å². The van der Waals surface area contributed by atoms with Gasteiger partial charge in [-0.25, -0.2) is 8.78 Å². The molecule has 0 bridgehead atoms. The number of para-hydroxylation sites is 2. The van der Waals surface area contributed by atoms with E-state index in [1.54, 1.807) is 24.3 Å². The van der Waals surface area contributed by atoms with Gasteiger partial charge in [-0.2, -0.15) is 0 Å². The van der Waals surface area contributed by atoms with E-state index in [0.29, 0.717) is 54.6 Å². The van der Waals surface area contributed by atoms with Gasteiger partial charge in [0.2, 0.25) is 0 Å². The number of halogens is 2. The van der Waals surface area contributed by atoms with E-state index in [4.69, 9.17) is 8.22 Å². The second kappa shape index (κ2) is 19.1. The molecule has 0 atom stereocenters. The summed E-state index contributed by atoms with van der Waals surface area (Å²) in [5.74, 6) is -1.39. The molecule has 0 spiro atoms. The Balaban J connectivity index is 1.19. The Labute approximate surface area is 459 Å². The highest BCUT2D eigenvalue weighted by molar-refractivity contribution is 6.28. The van der Waals surface area contributed by atoms with Gasteiger partial charge in [0.05, 0.1) is 36.5 Å². The molecule has 0 heterocycles. The van der Waals surface area contributed by atoms with Crippen molar-refractivity contribution in [3.63, 3.8) is 0 Å². The lowest BCUT2D eigenvalue weighted by Gasteiger charge is -2.31. The number of nitrogens with zero attached hydrogens (tertiary/aromatic N) is 2. The molecule has 0 saturated heterocycles. The summed E-state index contributed by atoms with van der Waals surface area (Å²) in [7, 11) is 0. The topological polar surface area (TPSA) is 6.48 Å².